The summed E-state index contributed by atoms with van der Waals surface area (Å²) in [5.41, 5.74) is 0. The molecule has 25 heavy (non-hydrogen) atoms. The van der Waals surface area contributed by atoms with E-state index in [1.165, 1.54) is 14.0 Å². The monoisotopic (exact) mass is 354 g/mol. The standard InChI is InChI=1S/C17H30N4O4/c1-12(20(2)17(24)25)15(22)19-14(13-6-4-3-5-7-13)16(23)21-10-8-18-9-11-21/h12-14,18H,3-11H2,1-2H3,(H,19,22)(H,24,25)/t12-,14-/m0/s1. The van der Waals surface area contributed by atoms with E-state index in [9.17, 15) is 14.4 Å². The molecule has 142 valence electrons. The predicted molar refractivity (Wildman–Crippen MR) is 93.2 cm³/mol. The van der Waals surface area contributed by atoms with Crippen molar-refractivity contribution in [2.24, 2.45) is 5.92 Å². The summed E-state index contributed by atoms with van der Waals surface area (Å²) in [4.78, 5) is 39.4. The van der Waals surface area contributed by atoms with Crippen molar-refractivity contribution in [3.63, 3.8) is 0 Å². The minimum Gasteiger partial charge on any atom is -0.465 e. The van der Waals surface area contributed by atoms with Crippen molar-refractivity contribution in [3.05, 3.63) is 0 Å². The highest BCUT2D eigenvalue weighted by Gasteiger charge is 2.35. The van der Waals surface area contributed by atoms with Crippen molar-refractivity contribution in [3.8, 4) is 0 Å². The lowest BCUT2D eigenvalue weighted by Gasteiger charge is -2.36. The number of carboxylic acid groups (broad SMARTS) is 1. The second kappa shape index (κ2) is 9.03. The van der Waals surface area contributed by atoms with Gasteiger partial charge in [0.1, 0.15) is 12.1 Å². The quantitative estimate of drug-likeness (QED) is 0.667. The number of hydrogen-bond donors (Lipinski definition) is 3. The molecule has 2 aliphatic rings. The number of likely N-dealkylation sites (N-methyl/N-ethyl adjacent to an activating group) is 1. The molecule has 8 heteroatoms. The van der Waals surface area contributed by atoms with E-state index in [2.05, 4.69) is 10.6 Å². The van der Waals surface area contributed by atoms with Gasteiger partial charge in [-0.3, -0.25) is 14.5 Å². The Morgan fingerprint density at radius 1 is 1.16 bits per heavy atom. The molecule has 0 aromatic rings. The third-order valence-corrected chi connectivity index (χ3v) is 5.38. The van der Waals surface area contributed by atoms with Crippen LogP contribution in [0, 0.1) is 5.92 Å². The maximum Gasteiger partial charge on any atom is 0.407 e. The third-order valence-electron chi connectivity index (χ3n) is 5.38. The van der Waals surface area contributed by atoms with Gasteiger partial charge in [-0.05, 0) is 25.7 Å². The Kier molecular flexibility index (Phi) is 7.04. The Balaban J connectivity index is 2.09. The van der Waals surface area contributed by atoms with Gasteiger partial charge in [0.15, 0.2) is 0 Å². The molecule has 1 saturated heterocycles. The number of hydrogen-bond acceptors (Lipinski definition) is 4. The van der Waals surface area contributed by atoms with Crippen LogP contribution in [0.1, 0.15) is 39.0 Å². The number of carbonyl (C=O) groups excluding carboxylic acids is 2. The number of nitrogens with one attached hydrogen (secondary N) is 2. The number of piperazine rings is 1. The fourth-order valence-corrected chi connectivity index (χ4v) is 3.55. The van der Waals surface area contributed by atoms with Crippen LogP contribution in [0.5, 0.6) is 0 Å². The molecule has 0 bridgehead atoms. The summed E-state index contributed by atoms with van der Waals surface area (Å²) in [6, 6.07) is -1.39. The molecule has 1 aliphatic heterocycles. The SMILES string of the molecule is C[C@@H](C(=O)N[C@H](C(=O)N1CCNCC1)C1CCCCC1)N(C)C(=O)O. The minimum absolute atomic E-state index is 0.0353. The van der Waals surface area contributed by atoms with Crippen LogP contribution in [0.25, 0.3) is 0 Å². The lowest BCUT2D eigenvalue weighted by molar-refractivity contribution is -0.139. The molecular formula is C17H30N4O4. The first kappa shape index (κ1) is 19.5. The van der Waals surface area contributed by atoms with Crippen LogP contribution in [0.2, 0.25) is 0 Å². The third kappa shape index (κ3) is 5.07. The van der Waals surface area contributed by atoms with Gasteiger partial charge in [0.05, 0.1) is 0 Å². The lowest BCUT2D eigenvalue weighted by atomic mass is 9.83. The van der Waals surface area contributed by atoms with Crippen LogP contribution >= 0.6 is 0 Å². The summed E-state index contributed by atoms with van der Waals surface area (Å²) in [6.45, 7) is 4.34. The molecule has 0 unspecified atom stereocenters. The zero-order chi connectivity index (χ0) is 18.4. The molecule has 2 atom stereocenters. The zero-order valence-corrected chi connectivity index (χ0v) is 15.2. The minimum atomic E-state index is -1.16. The first-order chi connectivity index (χ1) is 11.9. The molecule has 2 fully saturated rings. The summed E-state index contributed by atoms with van der Waals surface area (Å²) in [5, 5.41) is 15.1. The van der Waals surface area contributed by atoms with Crippen LogP contribution < -0.4 is 10.6 Å². The molecular weight excluding hydrogens is 324 g/mol. The smallest absolute Gasteiger partial charge is 0.407 e. The second-order valence-corrected chi connectivity index (χ2v) is 7.03. The molecule has 3 N–H and O–H groups in total. The Morgan fingerprint density at radius 2 is 1.76 bits per heavy atom. The van der Waals surface area contributed by atoms with Crippen molar-refractivity contribution >= 4 is 17.9 Å². The average molecular weight is 354 g/mol. The summed E-state index contributed by atoms with van der Waals surface area (Å²) in [6.07, 6.45) is 3.98. The summed E-state index contributed by atoms with van der Waals surface area (Å²) < 4.78 is 0. The maximum atomic E-state index is 13.0. The fraction of sp³-hybridized carbons (Fsp3) is 0.824. The molecule has 2 rings (SSSR count). The highest BCUT2D eigenvalue weighted by Crippen LogP contribution is 2.27. The molecule has 3 amide bonds. The number of rotatable bonds is 5. The highest BCUT2D eigenvalue weighted by atomic mass is 16.4. The molecule has 1 heterocycles. The Bertz CT molecular complexity index is 487. The van der Waals surface area contributed by atoms with Crippen LogP contribution in [0.4, 0.5) is 4.79 Å². The Labute approximate surface area is 148 Å². The fourth-order valence-electron chi connectivity index (χ4n) is 3.55. The molecule has 0 aromatic carbocycles. The van der Waals surface area contributed by atoms with Crippen LogP contribution in [-0.2, 0) is 9.59 Å². The van der Waals surface area contributed by atoms with Gasteiger partial charge in [-0.25, -0.2) is 4.79 Å². The molecule has 0 aromatic heterocycles. The maximum absolute atomic E-state index is 13.0. The van der Waals surface area contributed by atoms with Crippen LogP contribution in [-0.4, -0.2) is 78.1 Å². The van der Waals surface area contributed by atoms with Gasteiger partial charge in [0, 0.05) is 33.2 Å². The van der Waals surface area contributed by atoms with Crippen molar-refractivity contribution < 1.29 is 19.5 Å². The van der Waals surface area contributed by atoms with Crippen LogP contribution in [0.15, 0.2) is 0 Å². The first-order valence-corrected chi connectivity index (χ1v) is 9.17. The predicted octanol–water partition coefficient (Wildman–Crippen LogP) is 0.482. The van der Waals surface area contributed by atoms with Gasteiger partial charge in [-0.15, -0.1) is 0 Å². The average Bonchev–Trinajstić information content (AvgIpc) is 2.65. The van der Waals surface area contributed by atoms with Crippen molar-refractivity contribution in [1.82, 2.24) is 20.4 Å². The van der Waals surface area contributed by atoms with E-state index in [-0.39, 0.29) is 11.8 Å². The number of amides is 3. The zero-order valence-electron chi connectivity index (χ0n) is 15.2. The summed E-state index contributed by atoms with van der Waals surface area (Å²) >= 11 is 0. The van der Waals surface area contributed by atoms with Gasteiger partial charge in [0.25, 0.3) is 0 Å². The second-order valence-electron chi connectivity index (χ2n) is 7.03. The van der Waals surface area contributed by atoms with Gasteiger partial charge in [0.2, 0.25) is 11.8 Å². The highest BCUT2D eigenvalue weighted by molar-refractivity contribution is 5.91. The van der Waals surface area contributed by atoms with Crippen LogP contribution in [0.3, 0.4) is 0 Å². The number of nitrogens with zero attached hydrogens (tertiary/aromatic N) is 2. The van der Waals surface area contributed by atoms with Gasteiger partial charge in [-0.1, -0.05) is 19.3 Å². The molecule has 0 radical (unpaired) electrons. The van der Waals surface area contributed by atoms with Gasteiger partial charge >= 0.3 is 6.09 Å². The summed E-state index contributed by atoms with van der Waals surface area (Å²) in [5.74, 6) is -0.321. The topological polar surface area (TPSA) is 102 Å². The van der Waals surface area contributed by atoms with E-state index in [0.29, 0.717) is 13.1 Å². The van der Waals surface area contributed by atoms with E-state index in [1.54, 1.807) is 0 Å². The normalized spacial score (nSPS) is 21.3. The van der Waals surface area contributed by atoms with E-state index >= 15 is 0 Å². The molecule has 8 nitrogen and oxygen atoms in total. The number of carbonyl (C=O) groups is 3. The van der Waals surface area contributed by atoms with Crippen molar-refractivity contribution in [2.75, 3.05) is 33.2 Å². The van der Waals surface area contributed by atoms with Crippen molar-refractivity contribution in [1.29, 1.82) is 0 Å². The summed E-state index contributed by atoms with van der Waals surface area (Å²) in [7, 11) is 1.36. The Hall–Kier alpha value is -1.83. The van der Waals surface area contributed by atoms with Gasteiger partial charge < -0.3 is 20.6 Å². The largest absolute Gasteiger partial charge is 0.465 e. The molecule has 1 aliphatic carbocycles. The Morgan fingerprint density at radius 3 is 2.32 bits per heavy atom. The molecule has 0 spiro atoms. The van der Waals surface area contributed by atoms with E-state index in [1.807, 2.05) is 4.90 Å². The van der Waals surface area contributed by atoms with E-state index in [0.717, 1.165) is 50.1 Å². The first-order valence-electron chi connectivity index (χ1n) is 9.17. The lowest BCUT2D eigenvalue weighted by Crippen LogP contribution is -2.59. The molecule has 1 saturated carbocycles. The van der Waals surface area contributed by atoms with Gasteiger partial charge in [-0.2, -0.15) is 0 Å². The van der Waals surface area contributed by atoms with Crippen molar-refractivity contribution in [2.45, 2.75) is 51.1 Å². The van der Waals surface area contributed by atoms with E-state index < -0.39 is 24.1 Å². The van der Waals surface area contributed by atoms with E-state index in [4.69, 9.17) is 5.11 Å².